The number of pyridine rings is 1. The van der Waals surface area contributed by atoms with E-state index in [4.69, 9.17) is 11.6 Å². The summed E-state index contributed by atoms with van der Waals surface area (Å²) in [5.74, 6) is -1.77. The van der Waals surface area contributed by atoms with Crippen LogP contribution < -0.4 is 14.6 Å². The highest BCUT2D eigenvalue weighted by molar-refractivity contribution is 6.53. The number of aryl methyl sites for hydroxylation is 1. The van der Waals surface area contributed by atoms with Gasteiger partial charge in [-0.25, -0.2) is 9.58 Å². The summed E-state index contributed by atoms with van der Waals surface area (Å²) in [6.45, 7) is 5.71. The first-order chi connectivity index (χ1) is 17.3. The van der Waals surface area contributed by atoms with Crippen LogP contribution in [0.5, 0.6) is 5.88 Å². The van der Waals surface area contributed by atoms with Crippen molar-refractivity contribution in [2.45, 2.75) is 26.7 Å². The average molecular weight is 499 g/mol. The number of nitrogens with zero attached hydrogens (tertiary/aromatic N) is 4. The Bertz CT molecular complexity index is 1520. The molecule has 36 heavy (non-hydrogen) atoms. The molecule has 2 aromatic carbocycles. The molecule has 7 nitrogen and oxygen atoms in total. The maximum atomic E-state index is 13.9. The van der Waals surface area contributed by atoms with Crippen molar-refractivity contribution in [3.63, 3.8) is 0 Å². The summed E-state index contributed by atoms with van der Waals surface area (Å²) in [4.78, 5) is 28.8. The molecular weight excluding hydrogens is 476 g/mol. The van der Waals surface area contributed by atoms with Gasteiger partial charge < -0.3 is 5.11 Å². The summed E-state index contributed by atoms with van der Waals surface area (Å²) in [5, 5.41) is 18.9. The topological polar surface area (TPSA) is 82.1 Å². The minimum absolute atomic E-state index is 0.0275. The van der Waals surface area contributed by atoms with E-state index in [0.29, 0.717) is 22.1 Å². The molecule has 2 amide bonds. The van der Waals surface area contributed by atoms with Gasteiger partial charge in [0.25, 0.3) is 11.6 Å². The Morgan fingerprint density at radius 1 is 0.917 bits per heavy atom. The summed E-state index contributed by atoms with van der Waals surface area (Å²) >= 11 is 6.17. The Morgan fingerprint density at radius 3 is 2.22 bits per heavy atom. The normalized spacial score (nSPS) is 13.9. The van der Waals surface area contributed by atoms with Crippen LogP contribution in [0.1, 0.15) is 36.6 Å². The molecule has 0 aliphatic carbocycles. The van der Waals surface area contributed by atoms with Crippen LogP contribution in [0.4, 0.5) is 5.69 Å². The molecule has 0 spiro atoms. The van der Waals surface area contributed by atoms with Crippen LogP contribution >= 0.6 is 11.6 Å². The quantitative estimate of drug-likeness (QED) is 0.304. The summed E-state index contributed by atoms with van der Waals surface area (Å²) in [6.07, 6.45) is 3.43. The minimum Gasteiger partial charge on any atom is -0.858 e. The van der Waals surface area contributed by atoms with Crippen molar-refractivity contribution in [1.29, 1.82) is 0 Å². The van der Waals surface area contributed by atoms with E-state index in [2.05, 4.69) is 5.10 Å². The number of rotatable bonds is 5. The number of benzene rings is 2. The van der Waals surface area contributed by atoms with Gasteiger partial charge >= 0.3 is 5.91 Å². The second-order valence-electron chi connectivity index (χ2n) is 8.90. The van der Waals surface area contributed by atoms with E-state index in [-0.39, 0.29) is 22.8 Å². The first-order valence-corrected chi connectivity index (χ1v) is 11.9. The monoisotopic (exact) mass is 498 g/mol. The van der Waals surface area contributed by atoms with Gasteiger partial charge in [0.2, 0.25) is 0 Å². The number of halogens is 1. The molecule has 4 aromatic rings. The van der Waals surface area contributed by atoms with E-state index in [1.807, 2.05) is 32.9 Å². The van der Waals surface area contributed by atoms with Crippen molar-refractivity contribution in [2.24, 2.45) is 0 Å². The van der Waals surface area contributed by atoms with Gasteiger partial charge in [-0.1, -0.05) is 49.7 Å². The van der Waals surface area contributed by atoms with E-state index < -0.39 is 17.7 Å². The Morgan fingerprint density at radius 2 is 1.58 bits per heavy atom. The fourth-order valence-electron chi connectivity index (χ4n) is 4.29. The molecule has 0 radical (unpaired) electrons. The molecule has 0 bridgehead atoms. The fourth-order valence-corrected chi connectivity index (χ4v) is 4.47. The number of amides is 2. The van der Waals surface area contributed by atoms with Crippen LogP contribution in [-0.4, -0.2) is 21.6 Å². The number of anilines is 1. The van der Waals surface area contributed by atoms with E-state index >= 15 is 0 Å². The van der Waals surface area contributed by atoms with Crippen molar-refractivity contribution in [2.75, 3.05) is 4.90 Å². The molecule has 2 aromatic heterocycles. The molecular formula is C28H23ClN4O3. The third-order valence-electron chi connectivity index (χ3n) is 6.05. The summed E-state index contributed by atoms with van der Waals surface area (Å²) in [6, 6.07) is 19.1. The van der Waals surface area contributed by atoms with E-state index in [9.17, 15) is 14.7 Å². The second kappa shape index (κ2) is 9.09. The van der Waals surface area contributed by atoms with E-state index in [1.165, 1.54) is 4.68 Å². The molecule has 180 valence electrons. The van der Waals surface area contributed by atoms with Crippen LogP contribution in [0.25, 0.3) is 17.0 Å². The first kappa shape index (κ1) is 23.5. The van der Waals surface area contributed by atoms with Crippen molar-refractivity contribution in [1.82, 2.24) is 9.78 Å². The van der Waals surface area contributed by atoms with Gasteiger partial charge in [-0.15, -0.1) is 0 Å². The van der Waals surface area contributed by atoms with Crippen LogP contribution in [0.3, 0.4) is 0 Å². The first-order valence-electron chi connectivity index (χ1n) is 11.5. The smallest absolute Gasteiger partial charge is 0.331 e. The fraction of sp³-hybridized carbons (Fsp3) is 0.143. The van der Waals surface area contributed by atoms with Crippen LogP contribution in [0.2, 0.25) is 5.02 Å². The van der Waals surface area contributed by atoms with Gasteiger partial charge in [0.1, 0.15) is 5.57 Å². The van der Waals surface area contributed by atoms with Crippen molar-refractivity contribution >= 4 is 40.4 Å². The van der Waals surface area contributed by atoms with Gasteiger partial charge in [0.15, 0.2) is 12.4 Å². The van der Waals surface area contributed by atoms with E-state index in [0.717, 1.165) is 10.5 Å². The standard InChI is InChI=1S/C28H23ClN4O3/c1-17(2)24-22(27(35)33(30-24)21-11-7-8-19(29)16-21)23-25(31-14-12-18(3)13-15-31)28(36)32(26(23)34)20-9-5-4-6-10-20/h4-17H,1-3H3. The third kappa shape index (κ3) is 3.87. The van der Waals surface area contributed by atoms with Crippen molar-refractivity contribution in [3.05, 3.63) is 101 Å². The summed E-state index contributed by atoms with van der Waals surface area (Å²) < 4.78 is 2.83. The number of hydrogen-bond donors (Lipinski definition) is 0. The van der Waals surface area contributed by atoms with Gasteiger partial charge in [-0.3, -0.25) is 9.59 Å². The third-order valence-corrected chi connectivity index (χ3v) is 6.28. The van der Waals surface area contributed by atoms with Crippen molar-refractivity contribution < 1.29 is 19.3 Å². The maximum absolute atomic E-state index is 13.9. The lowest BCUT2D eigenvalue weighted by atomic mass is 9.98. The van der Waals surface area contributed by atoms with Gasteiger partial charge in [0.05, 0.1) is 17.1 Å². The summed E-state index contributed by atoms with van der Waals surface area (Å²) in [5.41, 5.74) is 2.57. The van der Waals surface area contributed by atoms with E-state index in [1.54, 1.807) is 71.6 Å². The predicted octanol–water partition coefficient (Wildman–Crippen LogP) is 4.26. The summed E-state index contributed by atoms with van der Waals surface area (Å²) in [7, 11) is 0. The molecule has 0 unspecified atom stereocenters. The zero-order valence-corrected chi connectivity index (χ0v) is 20.7. The Hall–Kier alpha value is -4.23. The Balaban J connectivity index is 1.80. The number of para-hydroxylation sites is 1. The molecule has 3 heterocycles. The predicted molar refractivity (Wildman–Crippen MR) is 136 cm³/mol. The highest BCUT2D eigenvalue weighted by Crippen LogP contribution is 2.40. The SMILES string of the molecule is Cc1cc[n+](C2=C(c3c(C(C)C)nn(-c4cccc(Cl)c4)c3[O-])C(=O)N(c3ccccc3)C2=O)cc1. The van der Waals surface area contributed by atoms with Gasteiger partial charge in [-0.05, 0) is 54.6 Å². The minimum atomic E-state index is -0.570. The number of carbonyl (C=O) groups is 2. The Kier molecular flexibility index (Phi) is 5.94. The lowest BCUT2D eigenvalue weighted by Gasteiger charge is -2.16. The lowest BCUT2D eigenvalue weighted by Crippen LogP contribution is -2.39. The number of aromatic nitrogens is 3. The largest absolute Gasteiger partial charge is 0.858 e. The molecule has 0 saturated heterocycles. The molecule has 0 fully saturated rings. The molecule has 1 aliphatic rings. The van der Waals surface area contributed by atoms with Crippen LogP contribution in [0.15, 0.2) is 79.1 Å². The molecule has 0 N–H and O–H groups in total. The molecule has 0 saturated carbocycles. The number of carbonyl (C=O) groups excluding carboxylic acids is 2. The van der Waals surface area contributed by atoms with Gasteiger partial charge in [-0.2, -0.15) is 9.67 Å². The zero-order valence-electron chi connectivity index (χ0n) is 20.0. The van der Waals surface area contributed by atoms with Gasteiger partial charge in [0, 0.05) is 22.7 Å². The molecule has 1 aliphatic heterocycles. The average Bonchev–Trinajstić information content (AvgIpc) is 3.33. The molecule has 0 atom stereocenters. The highest BCUT2D eigenvalue weighted by atomic mass is 35.5. The maximum Gasteiger partial charge on any atom is 0.331 e. The van der Waals surface area contributed by atoms with Crippen LogP contribution in [0, 0.1) is 6.92 Å². The zero-order chi connectivity index (χ0) is 25.6. The lowest BCUT2D eigenvalue weighted by molar-refractivity contribution is -0.576. The van der Waals surface area contributed by atoms with Crippen molar-refractivity contribution in [3.8, 4) is 11.6 Å². The number of imide groups is 1. The van der Waals surface area contributed by atoms with Crippen LogP contribution in [-0.2, 0) is 9.59 Å². The number of hydrogen-bond acceptors (Lipinski definition) is 4. The molecule has 5 rings (SSSR count). The second-order valence-corrected chi connectivity index (χ2v) is 9.34. The highest BCUT2D eigenvalue weighted by Gasteiger charge is 2.47. The molecule has 8 heteroatoms. The Labute approximate surface area is 213 Å².